The predicted molar refractivity (Wildman–Crippen MR) is 72.3 cm³/mol. The SMILES string of the molecule is CC(C)(C)OC(=O)N[C@H]1CCc2nc(Cl)sc2C1. The van der Waals surface area contributed by atoms with Gasteiger partial charge in [-0.15, -0.1) is 11.3 Å². The molecule has 1 aromatic rings. The highest BCUT2D eigenvalue weighted by atomic mass is 35.5. The Morgan fingerprint density at radius 3 is 2.94 bits per heavy atom. The third kappa shape index (κ3) is 3.59. The second kappa shape index (κ2) is 5.05. The number of ether oxygens (including phenoxy) is 1. The summed E-state index contributed by atoms with van der Waals surface area (Å²) in [7, 11) is 0. The van der Waals surface area contributed by atoms with Gasteiger partial charge in [-0.1, -0.05) is 11.6 Å². The molecular weight excluding hydrogens is 272 g/mol. The number of alkyl carbamates (subject to hydrolysis) is 1. The van der Waals surface area contributed by atoms with Crippen molar-refractivity contribution in [3.05, 3.63) is 15.0 Å². The van der Waals surface area contributed by atoms with E-state index in [1.54, 1.807) is 0 Å². The zero-order valence-corrected chi connectivity index (χ0v) is 12.3. The number of amides is 1. The molecule has 1 aliphatic rings. The van der Waals surface area contributed by atoms with Crippen LogP contribution in [0.2, 0.25) is 4.47 Å². The maximum Gasteiger partial charge on any atom is 0.407 e. The van der Waals surface area contributed by atoms with E-state index < -0.39 is 5.60 Å². The Morgan fingerprint density at radius 1 is 1.56 bits per heavy atom. The first kappa shape index (κ1) is 13.6. The van der Waals surface area contributed by atoms with Crippen LogP contribution < -0.4 is 5.32 Å². The monoisotopic (exact) mass is 288 g/mol. The highest BCUT2D eigenvalue weighted by Crippen LogP contribution is 2.29. The summed E-state index contributed by atoms with van der Waals surface area (Å²) in [5.41, 5.74) is 0.616. The Balaban J connectivity index is 1.91. The third-order valence-corrected chi connectivity index (χ3v) is 3.86. The van der Waals surface area contributed by atoms with Crippen molar-refractivity contribution < 1.29 is 9.53 Å². The van der Waals surface area contributed by atoms with Crippen LogP contribution >= 0.6 is 22.9 Å². The van der Waals surface area contributed by atoms with Gasteiger partial charge in [0.25, 0.3) is 0 Å². The molecule has 0 fully saturated rings. The Kier molecular flexibility index (Phi) is 3.82. The van der Waals surface area contributed by atoms with Gasteiger partial charge in [0.2, 0.25) is 0 Å². The third-order valence-electron chi connectivity index (χ3n) is 2.63. The molecule has 0 bridgehead atoms. The average molecular weight is 289 g/mol. The van der Waals surface area contributed by atoms with Gasteiger partial charge in [-0.25, -0.2) is 9.78 Å². The highest BCUT2D eigenvalue weighted by molar-refractivity contribution is 7.15. The number of nitrogens with zero attached hydrogens (tertiary/aromatic N) is 1. The first-order chi connectivity index (χ1) is 8.33. The lowest BCUT2D eigenvalue weighted by Gasteiger charge is -2.25. The maximum absolute atomic E-state index is 11.7. The fourth-order valence-electron chi connectivity index (χ4n) is 1.94. The molecule has 6 heteroatoms. The van der Waals surface area contributed by atoms with Crippen molar-refractivity contribution in [2.45, 2.75) is 51.7 Å². The van der Waals surface area contributed by atoms with E-state index in [1.165, 1.54) is 16.2 Å². The molecule has 1 heterocycles. The lowest BCUT2D eigenvalue weighted by Crippen LogP contribution is -2.41. The summed E-state index contributed by atoms with van der Waals surface area (Å²) in [6, 6.07) is 0.115. The van der Waals surface area contributed by atoms with Gasteiger partial charge in [0.1, 0.15) is 5.60 Å². The zero-order chi connectivity index (χ0) is 13.3. The summed E-state index contributed by atoms with van der Waals surface area (Å²) in [6.45, 7) is 5.57. The van der Waals surface area contributed by atoms with Crippen molar-refractivity contribution in [3.63, 3.8) is 0 Å². The molecule has 1 aliphatic carbocycles. The molecule has 2 rings (SSSR count). The van der Waals surface area contributed by atoms with Crippen molar-refractivity contribution in [1.82, 2.24) is 10.3 Å². The van der Waals surface area contributed by atoms with Crippen molar-refractivity contribution in [3.8, 4) is 0 Å². The van der Waals surface area contributed by atoms with Gasteiger partial charge in [0.15, 0.2) is 4.47 Å². The van der Waals surface area contributed by atoms with E-state index in [0.29, 0.717) is 4.47 Å². The first-order valence-electron chi connectivity index (χ1n) is 5.97. The number of halogens is 1. The van der Waals surface area contributed by atoms with E-state index in [4.69, 9.17) is 16.3 Å². The number of aromatic nitrogens is 1. The molecule has 0 saturated carbocycles. The summed E-state index contributed by atoms with van der Waals surface area (Å²) in [5.74, 6) is 0. The Bertz CT molecular complexity index is 453. The number of hydrogen-bond acceptors (Lipinski definition) is 4. The van der Waals surface area contributed by atoms with Gasteiger partial charge in [0.05, 0.1) is 5.69 Å². The van der Waals surface area contributed by atoms with Crippen LogP contribution in [-0.2, 0) is 17.6 Å². The molecule has 1 atom stereocenters. The minimum atomic E-state index is -0.461. The summed E-state index contributed by atoms with van der Waals surface area (Å²) < 4.78 is 5.83. The van der Waals surface area contributed by atoms with Crippen molar-refractivity contribution in [1.29, 1.82) is 0 Å². The molecule has 0 unspecified atom stereocenters. The standard InChI is InChI=1S/C12H17ClN2O2S/c1-12(2,3)17-11(16)14-7-4-5-8-9(6-7)18-10(13)15-8/h7H,4-6H2,1-3H3,(H,14,16)/t7-/m0/s1. The van der Waals surface area contributed by atoms with E-state index in [2.05, 4.69) is 10.3 Å². The number of aryl methyl sites for hydroxylation is 1. The maximum atomic E-state index is 11.7. The fourth-order valence-corrected chi connectivity index (χ4v) is 3.23. The lowest BCUT2D eigenvalue weighted by molar-refractivity contribution is 0.0500. The van der Waals surface area contributed by atoms with Crippen LogP contribution in [0.3, 0.4) is 0 Å². The first-order valence-corrected chi connectivity index (χ1v) is 7.16. The van der Waals surface area contributed by atoms with Crippen molar-refractivity contribution in [2.75, 3.05) is 0 Å². The lowest BCUT2D eigenvalue weighted by atomic mass is 9.98. The number of carbonyl (C=O) groups is 1. The summed E-state index contributed by atoms with van der Waals surface area (Å²) >= 11 is 7.38. The quantitative estimate of drug-likeness (QED) is 0.863. The number of nitrogens with one attached hydrogen (secondary N) is 1. The molecule has 0 aromatic carbocycles. The van der Waals surface area contributed by atoms with Crippen molar-refractivity contribution >= 4 is 29.0 Å². The van der Waals surface area contributed by atoms with Crippen LogP contribution in [-0.4, -0.2) is 22.7 Å². The van der Waals surface area contributed by atoms with Gasteiger partial charge in [-0.2, -0.15) is 0 Å². The van der Waals surface area contributed by atoms with E-state index in [9.17, 15) is 4.79 Å². The van der Waals surface area contributed by atoms with Crippen LogP contribution in [0, 0.1) is 0 Å². The largest absolute Gasteiger partial charge is 0.444 e. The molecule has 100 valence electrons. The zero-order valence-electron chi connectivity index (χ0n) is 10.7. The highest BCUT2D eigenvalue weighted by Gasteiger charge is 2.25. The summed E-state index contributed by atoms with van der Waals surface area (Å²) in [6.07, 6.45) is 2.18. The number of carbonyl (C=O) groups excluding carboxylic acids is 1. The molecule has 1 amide bonds. The van der Waals surface area contributed by atoms with Crippen LogP contribution in [0.25, 0.3) is 0 Å². The second-order valence-electron chi connectivity index (χ2n) is 5.42. The molecule has 0 saturated heterocycles. The molecule has 0 spiro atoms. The van der Waals surface area contributed by atoms with Gasteiger partial charge < -0.3 is 10.1 Å². The van der Waals surface area contributed by atoms with Crippen LogP contribution in [0.1, 0.15) is 37.8 Å². The van der Waals surface area contributed by atoms with E-state index in [1.807, 2.05) is 20.8 Å². The van der Waals surface area contributed by atoms with E-state index in [0.717, 1.165) is 25.0 Å². The van der Waals surface area contributed by atoms with E-state index >= 15 is 0 Å². The van der Waals surface area contributed by atoms with Crippen LogP contribution in [0.4, 0.5) is 4.79 Å². The van der Waals surface area contributed by atoms with Crippen LogP contribution in [0.15, 0.2) is 0 Å². The number of thiazole rings is 1. The second-order valence-corrected chi connectivity index (χ2v) is 7.09. The molecule has 0 radical (unpaired) electrons. The van der Waals surface area contributed by atoms with Gasteiger partial charge in [-0.3, -0.25) is 0 Å². The molecule has 4 nitrogen and oxygen atoms in total. The Morgan fingerprint density at radius 2 is 2.28 bits per heavy atom. The number of fused-ring (bicyclic) bond motifs is 1. The van der Waals surface area contributed by atoms with Gasteiger partial charge in [0, 0.05) is 17.3 Å². The molecule has 1 N–H and O–H groups in total. The van der Waals surface area contributed by atoms with Gasteiger partial charge >= 0.3 is 6.09 Å². The van der Waals surface area contributed by atoms with Crippen LogP contribution in [0.5, 0.6) is 0 Å². The smallest absolute Gasteiger partial charge is 0.407 e. The number of rotatable bonds is 1. The predicted octanol–water partition coefficient (Wildman–Crippen LogP) is 3.18. The Hall–Kier alpha value is -0.810. The molecule has 0 aliphatic heterocycles. The summed E-state index contributed by atoms with van der Waals surface area (Å²) in [5, 5.41) is 2.90. The summed E-state index contributed by atoms with van der Waals surface area (Å²) in [4.78, 5) is 17.1. The van der Waals surface area contributed by atoms with Crippen molar-refractivity contribution in [2.24, 2.45) is 0 Å². The topological polar surface area (TPSA) is 51.2 Å². The average Bonchev–Trinajstić information content (AvgIpc) is 2.53. The molecular formula is C12H17ClN2O2S. The fraction of sp³-hybridized carbons (Fsp3) is 0.667. The van der Waals surface area contributed by atoms with Gasteiger partial charge in [-0.05, 0) is 33.6 Å². The normalized spacial score (nSPS) is 19.2. The Labute approximate surface area is 116 Å². The minimum Gasteiger partial charge on any atom is -0.444 e. The molecule has 18 heavy (non-hydrogen) atoms. The minimum absolute atomic E-state index is 0.115. The number of hydrogen-bond donors (Lipinski definition) is 1. The molecule has 1 aromatic heterocycles. The van der Waals surface area contributed by atoms with E-state index in [-0.39, 0.29) is 12.1 Å².